The van der Waals surface area contributed by atoms with Crippen LogP contribution in [-0.2, 0) is 4.74 Å². The summed E-state index contributed by atoms with van der Waals surface area (Å²) in [6.07, 6.45) is -0.394. The Balaban J connectivity index is 2.06. The lowest BCUT2D eigenvalue weighted by atomic mass is 10.1. The third-order valence-corrected chi connectivity index (χ3v) is 3.54. The predicted octanol–water partition coefficient (Wildman–Crippen LogP) is 3.57. The molecule has 1 atom stereocenters. The first-order valence-electron chi connectivity index (χ1n) is 5.58. The Morgan fingerprint density at radius 2 is 1.95 bits per heavy atom. The number of nitro groups is 1. The summed E-state index contributed by atoms with van der Waals surface area (Å²) in [5, 5.41) is 10.5. The van der Waals surface area contributed by atoms with Crippen LogP contribution in [0.25, 0.3) is 0 Å². The number of thiophene rings is 1. The van der Waals surface area contributed by atoms with Gasteiger partial charge in [0.15, 0.2) is 0 Å². The molecule has 0 saturated carbocycles. The first-order chi connectivity index (χ1) is 9.08. The minimum atomic E-state index is -0.547. The number of benzene rings is 1. The highest BCUT2D eigenvalue weighted by Crippen LogP contribution is 2.26. The number of ether oxygens (including phenoxy) is 1. The molecule has 1 aromatic heterocycles. The van der Waals surface area contributed by atoms with Crippen molar-refractivity contribution in [2.24, 2.45) is 0 Å². The van der Waals surface area contributed by atoms with E-state index in [4.69, 9.17) is 4.74 Å². The Morgan fingerprint density at radius 1 is 1.26 bits per heavy atom. The molecule has 0 bridgehead atoms. The van der Waals surface area contributed by atoms with E-state index in [1.54, 1.807) is 6.92 Å². The SMILES string of the molecule is C[C@H](OC(=O)c1ccc([N+](=O)[O-])s1)c1ccccc1. The van der Waals surface area contributed by atoms with Crippen molar-refractivity contribution < 1.29 is 14.5 Å². The van der Waals surface area contributed by atoms with Gasteiger partial charge in [-0.15, -0.1) is 0 Å². The second kappa shape index (κ2) is 5.62. The van der Waals surface area contributed by atoms with E-state index < -0.39 is 17.0 Å². The summed E-state index contributed by atoms with van der Waals surface area (Å²) in [5.74, 6) is -0.547. The molecular formula is C13H11NO4S. The van der Waals surface area contributed by atoms with E-state index in [0.29, 0.717) is 0 Å². The molecule has 5 nitrogen and oxygen atoms in total. The molecule has 0 unspecified atom stereocenters. The van der Waals surface area contributed by atoms with E-state index in [-0.39, 0.29) is 9.88 Å². The molecule has 0 aliphatic carbocycles. The standard InChI is InChI=1S/C13H11NO4S/c1-9(10-5-3-2-4-6-10)18-13(15)11-7-8-12(19-11)14(16)17/h2-9H,1H3/t9-/m0/s1. The summed E-state index contributed by atoms with van der Waals surface area (Å²) in [7, 11) is 0. The summed E-state index contributed by atoms with van der Waals surface area (Å²) in [6, 6.07) is 12.0. The van der Waals surface area contributed by atoms with Gasteiger partial charge < -0.3 is 4.74 Å². The Morgan fingerprint density at radius 3 is 2.53 bits per heavy atom. The molecule has 0 amide bonds. The summed E-state index contributed by atoms with van der Waals surface area (Å²) in [4.78, 5) is 22.1. The third kappa shape index (κ3) is 3.17. The van der Waals surface area contributed by atoms with Gasteiger partial charge in [0.25, 0.3) is 0 Å². The minimum absolute atomic E-state index is 0.0701. The van der Waals surface area contributed by atoms with Crippen molar-refractivity contribution >= 4 is 22.3 Å². The summed E-state index contributed by atoms with van der Waals surface area (Å²) < 4.78 is 5.26. The third-order valence-electron chi connectivity index (χ3n) is 2.53. The van der Waals surface area contributed by atoms with Crippen molar-refractivity contribution in [1.82, 2.24) is 0 Å². The molecule has 0 aliphatic heterocycles. The smallest absolute Gasteiger partial charge is 0.349 e. The zero-order valence-corrected chi connectivity index (χ0v) is 10.9. The first-order valence-corrected chi connectivity index (χ1v) is 6.39. The molecule has 6 heteroatoms. The molecule has 1 heterocycles. The van der Waals surface area contributed by atoms with Crippen molar-refractivity contribution in [2.75, 3.05) is 0 Å². The average molecular weight is 277 g/mol. The van der Waals surface area contributed by atoms with Gasteiger partial charge in [-0.3, -0.25) is 10.1 Å². The maximum Gasteiger partial charge on any atom is 0.349 e. The molecule has 0 saturated heterocycles. The first kappa shape index (κ1) is 13.2. The second-order valence-electron chi connectivity index (χ2n) is 3.85. The maximum atomic E-state index is 11.8. The fraction of sp³-hybridized carbons (Fsp3) is 0.154. The molecule has 0 fully saturated rings. The normalized spacial score (nSPS) is 11.8. The van der Waals surface area contributed by atoms with Crippen molar-refractivity contribution in [3.63, 3.8) is 0 Å². The molecule has 98 valence electrons. The highest BCUT2D eigenvalue weighted by atomic mass is 32.1. The van der Waals surface area contributed by atoms with Crippen molar-refractivity contribution in [1.29, 1.82) is 0 Å². The number of hydrogen-bond donors (Lipinski definition) is 0. The van der Waals surface area contributed by atoms with Gasteiger partial charge in [0.2, 0.25) is 0 Å². The highest BCUT2D eigenvalue weighted by Gasteiger charge is 2.18. The largest absolute Gasteiger partial charge is 0.454 e. The Bertz CT molecular complexity index is 594. The summed E-state index contributed by atoms with van der Waals surface area (Å²) >= 11 is 0.813. The molecule has 0 spiro atoms. The quantitative estimate of drug-likeness (QED) is 0.486. The van der Waals surface area contributed by atoms with Gasteiger partial charge in [-0.2, -0.15) is 0 Å². The van der Waals surface area contributed by atoms with Gasteiger partial charge in [0.05, 0.1) is 4.92 Å². The van der Waals surface area contributed by atoms with Crippen LogP contribution in [0.3, 0.4) is 0 Å². The van der Waals surface area contributed by atoms with Gasteiger partial charge in [-0.1, -0.05) is 41.7 Å². The van der Waals surface area contributed by atoms with Crippen molar-refractivity contribution in [2.45, 2.75) is 13.0 Å². The number of carbonyl (C=O) groups excluding carboxylic acids is 1. The van der Waals surface area contributed by atoms with Crippen LogP contribution in [0, 0.1) is 10.1 Å². The maximum absolute atomic E-state index is 11.8. The van der Waals surface area contributed by atoms with E-state index >= 15 is 0 Å². The minimum Gasteiger partial charge on any atom is -0.454 e. The number of rotatable bonds is 4. The van der Waals surface area contributed by atoms with Crippen LogP contribution in [0.2, 0.25) is 0 Å². The zero-order valence-electron chi connectivity index (χ0n) is 10.1. The molecule has 2 rings (SSSR count). The van der Waals surface area contributed by atoms with Gasteiger partial charge in [-0.05, 0) is 18.6 Å². The second-order valence-corrected chi connectivity index (χ2v) is 4.92. The molecule has 0 aliphatic rings. The highest BCUT2D eigenvalue weighted by molar-refractivity contribution is 7.17. The molecule has 1 aromatic carbocycles. The van der Waals surface area contributed by atoms with Crippen LogP contribution >= 0.6 is 11.3 Å². The van der Waals surface area contributed by atoms with Crippen LogP contribution in [0.1, 0.15) is 28.3 Å². The fourth-order valence-corrected chi connectivity index (χ4v) is 2.25. The lowest BCUT2D eigenvalue weighted by molar-refractivity contribution is -0.380. The van der Waals surface area contributed by atoms with Gasteiger partial charge in [0, 0.05) is 6.07 Å². The van der Waals surface area contributed by atoms with Gasteiger partial charge in [0.1, 0.15) is 11.0 Å². The van der Waals surface area contributed by atoms with Crippen LogP contribution in [-0.4, -0.2) is 10.9 Å². The van der Waals surface area contributed by atoms with Crippen LogP contribution in [0.4, 0.5) is 5.00 Å². The number of esters is 1. The Kier molecular flexibility index (Phi) is 3.91. The van der Waals surface area contributed by atoms with E-state index in [2.05, 4.69) is 0 Å². The number of hydrogen-bond acceptors (Lipinski definition) is 5. The molecule has 0 N–H and O–H groups in total. The van der Waals surface area contributed by atoms with E-state index in [1.165, 1.54) is 12.1 Å². The average Bonchev–Trinajstić information content (AvgIpc) is 2.89. The molecule has 19 heavy (non-hydrogen) atoms. The molecule has 0 radical (unpaired) electrons. The fourth-order valence-electron chi connectivity index (χ4n) is 1.55. The van der Waals surface area contributed by atoms with Crippen LogP contribution < -0.4 is 0 Å². The number of nitrogens with zero attached hydrogens (tertiary/aromatic N) is 1. The van der Waals surface area contributed by atoms with Crippen molar-refractivity contribution in [3.8, 4) is 0 Å². The summed E-state index contributed by atoms with van der Waals surface area (Å²) in [5.41, 5.74) is 0.877. The van der Waals surface area contributed by atoms with E-state index in [1.807, 2.05) is 30.3 Å². The predicted molar refractivity (Wildman–Crippen MR) is 71.2 cm³/mol. The number of carbonyl (C=O) groups is 1. The Labute approximate surface area is 113 Å². The summed E-state index contributed by atoms with van der Waals surface area (Å²) in [6.45, 7) is 1.76. The van der Waals surface area contributed by atoms with Crippen LogP contribution in [0.5, 0.6) is 0 Å². The van der Waals surface area contributed by atoms with E-state index in [9.17, 15) is 14.9 Å². The lowest BCUT2D eigenvalue weighted by Crippen LogP contribution is -2.07. The molecular weight excluding hydrogens is 266 g/mol. The van der Waals surface area contributed by atoms with E-state index in [0.717, 1.165) is 16.9 Å². The van der Waals surface area contributed by atoms with Gasteiger partial charge >= 0.3 is 11.0 Å². The monoisotopic (exact) mass is 277 g/mol. The van der Waals surface area contributed by atoms with Gasteiger partial charge in [-0.25, -0.2) is 4.79 Å². The zero-order chi connectivity index (χ0) is 13.8. The van der Waals surface area contributed by atoms with Crippen molar-refractivity contribution in [3.05, 3.63) is 63.0 Å². The van der Waals surface area contributed by atoms with Crippen LogP contribution in [0.15, 0.2) is 42.5 Å². The lowest BCUT2D eigenvalue weighted by Gasteiger charge is -2.12. The Hall–Kier alpha value is -2.21. The topological polar surface area (TPSA) is 69.4 Å². The molecule has 2 aromatic rings.